The summed E-state index contributed by atoms with van der Waals surface area (Å²) in [5.74, 6) is 0. The van der Waals surface area contributed by atoms with Gasteiger partial charge in [-0.05, 0) is 31.0 Å². The van der Waals surface area contributed by atoms with E-state index in [4.69, 9.17) is 11.6 Å². The molecule has 1 N–H and O–H groups in total. The Balaban J connectivity index is 1.69. The average Bonchev–Trinajstić information content (AvgIpc) is 2.92. The van der Waals surface area contributed by atoms with Gasteiger partial charge in [0, 0.05) is 36.6 Å². The van der Waals surface area contributed by atoms with E-state index in [1.54, 1.807) is 11.3 Å². The molecule has 0 spiro atoms. The van der Waals surface area contributed by atoms with Crippen molar-refractivity contribution in [2.45, 2.75) is 25.4 Å². The molecule has 2 unspecified atom stereocenters. The van der Waals surface area contributed by atoms with Crippen molar-refractivity contribution in [2.24, 2.45) is 0 Å². The predicted molar refractivity (Wildman–Crippen MR) is 91.3 cm³/mol. The first kappa shape index (κ1) is 15.0. The number of nitrogens with zero attached hydrogens (tertiary/aromatic N) is 1. The predicted octanol–water partition coefficient (Wildman–Crippen LogP) is 3.98. The summed E-state index contributed by atoms with van der Waals surface area (Å²) in [5.41, 5.74) is 1.40. The van der Waals surface area contributed by atoms with Crippen molar-refractivity contribution in [3.63, 3.8) is 0 Å². The number of thiophene rings is 1. The molecule has 2 atom stereocenters. The van der Waals surface area contributed by atoms with Crippen LogP contribution in [0.2, 0.25) is 4.34 Å². The number of hydrogen-bond donors (Lipinski definition) is 1. The molecule has 4 heteroatoms. The first-order chi connectivity index (χ1) is 10.2. The van der Waals surface area contributed by atoms with Crippen LogP contribution in [0.3, 0.4) is 0 Å². The topological polar surface area (TPSA) is 15.3 Å². The van der Waals surface area contributed by atoms with E-state index >= 15 is 0 Å². The molecule has 1 saturated heterocycles. The quantitative estimate of drug-likeness (QED) is 0.916. The Bertz CT molecular complexity index is 569. The van der Waals surface area contributed by atoms with E-state index in [0.29, 0.717) is 12.1 Å². The fraction of sp³-hybridized carbons (Fsp3) is 0.412. The largest absolute Gasteiger partial charge is 0.311 e. The van der Waals surface area contributed by atoms with Crippen LogP contribution in [0.4, 0.5) is 0 Å². The minimum absolute atomic E-state index is 0.470. The maximum Gasteiger partial charge on any atom is 0.0931 e. The van der Waals surface area contributed by atoms with Gasteiger partial charge in [-0.1, -0.05) is 41.9 Å². The summed E-state index contributed by atoms with van der Waals surface area (Å²) in [6.07, 6.45) is 1.08. The van der Waals surface area contributed by atoms with Gasteiger partial charge in [-0.3, -0.25) is 4.90 Å². The Kier molecular flexibility index (Phi) is 4.96. The lowest BCUT2D eigenvalue weighted by Crippen LogP contribution is -2.51. The van der Waals surface area contributed by atoms with E-state index in [1.807, 2.05) is 6.07 Å². The lowest BCUT2D eigenvalue weighted by molar-refractivity contribution is 0.137. The minimum atomic E-state index is 0.470. The molecule has 0 radical (unpaired) electrons. The van der Waals surface area contributed by atoms with Crippen LogP contribution < -0.4 is 5.32 Å². The van der Waals surface area contributed by atoms with Crippen LogP contribution >= 0.6 is 22.9 Å². The van der Waals surface area contributed by atoms with Crippen molar-refractivity contribution in [1.29, 1.82) is 0 Å². The Morgan fingerprint density at radius 1 is 1.24 bits per heavy atom. The van der Waals surface area contributed by atoms with Gasteiger partial charge in [0.25, 0.3) is 0 Å². The minimum Gasteiger partial charge on any atom is -0.311 e. The maximum absolute atomic E-state index is 6.02. The summed E-state index contributed by atoms with van der Waals surface area (Å²) in [5, 5.41) is 3.60. The summed E-state index contributed by atoms with van der Waals surface area (Å²) in [6, 6.07) is 16.0. The highest BCUT2D eigenvalue weighted by Crippen LogP contribution is 2.26. The highest BCUT2D eigenvalue weighted by atomic mass is 35.5. The lowest BCUT2D eigenvalue weighted by Gasteiger charge is -2.39. The lowest BCUT2D eigenvalue weighted by atomic mass is 10.0. The Morgan fingerprint density at radius 3 is 2.76 bits per heavy atom. The van der Waals surface area contributed by atoms with E-state index < -0.39 is 0 Å². The van der Waals surface area contributed by atoms with Crippen molar-refractivity contribution >= 4 is 22.9 Å². The average molecular weight is 321 g/mol. The van der Waals surface area contributed by atoms with E-state index in [-0.39, 0.29) is 0 Å². The van der Waals surface area contributed by atoms with Gasteiger partial charge in [-0.15, -0.1) is 11.3 Å². The van der Waals surface area contributed by atoms with E-state index in [9.17, 15) is 0 Å². The van der Waals surface area contributed by atoms with Crippen LogP contribution in [0.15, 0.2) is 42.5 Å². The van der Waals surface area contributed by atoms with Gasteiger partial charge in [-0.2, -0.15) is 0 Å². The summed E-state index contributed by atoms with van der Waals surface area (Å²) in [7, 11) is 0. The summed E-state index contributed by atoms with van der Waals surface area (Å²) in [6.45, 7) is 5.47. The van der Waals surface area contributed by atoms with Crippen molar-refractivity contribution in [3.8, 4) is 0 Å². The number of halogens is 1. The molecule has 2 aromatic rings. The van der Waals surface area contributed by atoms with Gasteiger partial charge in [0.1, 0.15) is 0 Å². The Labute approximate surface area is 135 Å². The maximum atomic E-state index is 6.02. The zero-order valence-corrected chi connectivity index (χ0v) is 13.8. The summed E-state index contributed by atoms with van der Waals surface area (Å²) < 4.78 is 0.887. The number of benzene rings is 1. The third kappa shape index (κ3) is 3.86. The van der Waals surface area contributed by atoms with Crippen molar-refractivity contribution in [1.82, 2.24) is 10.2 Å². The number of piperazine rings is 1. The SMILES string of the molecule is CC1CN(CCc2ccc(Cl)s2)C(c2ccccc2)CN1. The van der Waals surface area contributed by atoms with Crippen LogP contribution in [-0.4, -0.2) is 30.6 Å². The molecule has 1 fully saturated rings. The zero-order chi connectivity index (χ0) is 14.7. The van der Waals surface area contributed by atoms with Crippen molar-refractivity contribution in [3.05, 3.63) is 57.2 Å². The van der Waals surface area contributed by atoms with E-state index in [1.165, 1.54) is 10.4 Å². The van der Waals surface area contributed by atoms with Crippen LogP contribution in [0.25, 0.3) is 0 Å². The Morgan fingerprint density at radius 2 is 2.05 bits per heavy atom. The molecular weight excluding hydrogens is 300 g/mol. The van der Waals surface area contributed by atoms with Crippen molar-refractivity contribution < 1.29 is 0 Å². The van der Waals surface area contributed by atoms with Gasteiger partial charge in [-0.25, -0.2) is 0 Å². The number of nitrogens with one attached hydrogen (secondary N) is 1. The van der Waals surface area contributed by atoms with Gasteiger partial charge < -0.3 is 5.32 Å². The number of rotatable bonds is 4. The number of hydrogen-bond acceptors (Lipinski definition) is 3. The molecule has 0 saturated carbocycles. The molecular formula is C17H21ClN2S. The zero-order valence-electron chi connectivity index (χ0n) is 12.3. The molecule has 112 valence electrons. The second-order valence-corrected chi connectivity index (χ2v) is 7.49. The summed E-state index contributed by atoms with van der Waals surface area (Å²) >= 11 is 7.72. The first-order valence-electron chi connectivity index (χ1n) is 7.49. The van der Waals surface area contributed by atoms with Crippen LogP contribution in [-0.2, 0) is 6.42 Å². The third-order valence-corrected chi connectivity index (χ3v) is 5.36. The van der Waals surface area contributed by atoms with Crippen LogP contribution in [0.1, 0.15) is 23.4 Å². The first-order valence-corrected chi connectivity index (χ1v) is 8.68. The summed E-state index contributed by atoms with van der Waals surface area (Å²) in [4.78, 5) is 3.97. The van der Waals surface area contributed by atoms with E-state index in [0.717, 1.165) is 30.4 Å². The highest BCUT2D eigenvalue weighted by molar-refractivity contribution is 7.16. The van der Waals surface area contributed by atoms with Gasteiger partial charge >= 0.3 is 0 Å². The molecule has 2 nitrogen and oxygen atoms in total. The highest BCUT2D eigenvalue weighted by Gasteiger charge is 2.26. The molecule has 3 rings (SSSR count). The normalized spacial score (nSPS) is 23.3. The fourth-order valence-corrected chi connectivity index (χ4v) is 4.05. The molecule has 0 amide bonds. The molecule has 0 aliphatic carbocycles. The van der Waals surface area contributed by atoms with Crippen molar-refractivity contribution in [2.75, 3.05) is 19.6 Å². The monoisotopic (exact) mass is 320 g/mol. The van der Waals surface area contributed by atoms with Gasteiger partial charge in [0.2, 0.25) is 0 Å². The standard InChI is InChI=1S/C17H21ClN2S/c1-13-12-20(10-9-15-7-8-17(18)21-15)16(11-19-13)14-5-3-2-4-6-14/h2-8,13,16,19H,9-12H2,1H3. The molecule has 0 bridgehead atoms. The third-order valence-electron chi connectivity index (χ3n) is 4.07. The second kappa shape index (κ2) is 6.93. The Hall–Kier alpha value is -0.870. The molecule has 21 heavy (non-hydrogen) atoms. The fourth-order valence-electron chi connectivity index (χ4n) is 2.98. The van der Waals surface area contributed by atoms with Gasteiger partial charge in [0.15, 0.2) is 0 Å². The molecule has 1 aromatic carbocycles. The van der Waals surface area contributed by atoms with Crippen LogP contribution in [0.5, 0.6) is 0 Å². The van der Waals surface area contributed by atoms with E-state index in [2.05, 4.69) is 53.5 Å². The van der Waals surface area contributed by atoms with Crippen LogP contribution in [0, 0.1) is 0 Å². The molecule has 1 aliphatic heterocycles. The van der Waals surface area contributed by atoms with Gasteiger partial charge in [0.05, 0.1) is 4.34 Å². The molecule has 1 aliphatic rings. The molecule has 1 aromatic heterocycles. The molecule has 2 heterocycles. The smallest absolute Gasteiger partial charge is 0.0931 e. The second-order valence-electron chi connectivity index (χ2n) is 5.69.